The van der Waals surface area contributed by atoms with Crippen molar-refractivity contribution in [2.45, 2.75) is 63.7 Å². The molecule has 27 heavy (non-hydrogen) atoms. The van der Waals surface area contributed by atoms with Crippen LogP contribution in [0.3, 0.4) is 0 Å². The Kier molecular flexibility index (Phi) is 3.87. The van der Waals surface area contributed by atoms with E-state index < -0.39 is 5.60 Å². The van der Waals surface area contributed by atoms with Gasteiger partial charge in [-0.3, -0.25) is 0 Å². The average Bonchev–Trinajstić information content (AvgIpc) is 3.00. The summed E-state index contributed by atoms with van der Waals surface area (Å²) in [6, 6.07) is 6.59. The predicted molar refractivity (Wildman–Crippen MR) is 103 cm³/mol. The standard InChI is InChI=1S/C22H30N2O3/c1-7-24(5)16-10-13-8-9-15(25)18-17(13)21(3)19(27-18)22(4,26-6)14(12-23)11-20(16,21)2/h8-9,14,16,19,25H,7,10-11H2,1-6H3/t14-,16-,19-,20-,21+,22-/m1/s1. The summed E-state index contributed by atoms with van der Waals surface area (Å²) in [4.78, 5) is 2.40. The van der Waals surface area contributed by atoms with Gasteiger partial charge < -0.3 is 19.5 Å². The van der Waals surface area contributed by atoms with Crippen LogP contribution in [0, 0.1) is 22.7 Å². The average molecular weight is 370 g/mol. The molecule has 0 bridgehead atoms. The summed E-state index contributed by atoms with van der Waals surface area (Å²) >= 11 is 0. The van der Waals surface area contributed by atoms with Crippen molar-refractivity contribution < 1.29 is 14.6 Å². The van der Waals surface area contributed by atoms with Crippen molar-refractivity contribution in [1.29, 1.82) is 5.26 Å². The Morgan fingerprint density at radius 2 is 2.07 bits per heavy atom. The number of nitriles is 1. The van der Waals surface area contributed by atoms with Crippen LogP contribution in [0.4, 0.5) is 0 Å². The number of aromatic hydroxyl groups is 1. The second kappa shape index (κ2) is 5.62. The van der Waals surface area contributed by atoms with Crippen LogP contribution >= 0.6 is 0 Å². The Morgan fingerprint density at radius 1 is 1.37 bits per heavy atom. The molecule has 1 aliphatic heterocycles. The molecule has 0 unspecified atom stereocenters. The van der Waals surface area contributed by atoms with E-state index in [1.165, 1.54) is 5.56 Å². The molecule has 6 atom stereocenters. The van der Waals surface area contributed by atoms with Crippen molar-refractivity contribution in [3.8, 4) is 17.6 Å². The summed E-state index contributed by atoms with van der Waals surface area (Å²) < 4.78 is 12.4. The van der Waals surface area contributed by atoms with Gasteiger partial charge in [0.15, 0.2) is 11.5 Å². The van der Waals surface area contributed by atoms with Crippen LogP contribution < -0.4 is 4.74 Å². The Balaban J connectivity index is 2.03. The van der Waals surface area contributed by atoms with Crippen LogP contribution in [-0.4, -0.2) is 48.5 Å². The van der Waals surface area contributed by atoms with Gasteiger partial charge in [0.25, 0.3) is 0 Å². The van der Waals surface area contributed by atoms with Crippen LogP contribution in [-0.2, 0) is 16.6 Å². The molecule has 3 aliphatic rings. The van der Waals surface area contributed by atoms with E-state index in [0.29, 0.717) is 11.8 Å². The third-order valence-electron chi connectivity index (χ3n) is 8.30. The molecule has 0 aromatic heterocycles. The van der Waals surface area contributed by atoms with Gasteiger partial charge in [-0.15, -0.1) is 0 Å². The maximum atomic E-state index is 10.6. The van der Waals surface area contributed by atoms with E-state index in [4.69, 9.17) is 9.47 Å². The van der Waals surface area contributed by atoms with E-state index in [0.717, 1.165) is 24.9 Å². The Bertz CT molecular complexity index is 834. The van der Waals surface area contributed by atoms with Gasteiger partial charge in [0.2, 0.25) is 0 Å². The number of phenols is 1. The zero-order valence-corrected chi connectivity index (χ0v) is 17.2. The minimum Gasteiger partial charge on any atom is -0.504 e. The number of benzene rings is 1. The second-order valence-corrected chi connectivity index (χ2v) is 9.13. The molecular formula is C22H30N2O3. The molecule has 0 saturated heterocycles. The molecular weight excluding hydrogens is 340 g/mol. The minimum atomic E-state index is -0.738. The molecule has 1 saturated carbocycles. The Morgan fingerprint density at radius 3 is 2.67 bits per heavy atom. The number of phenolic OH excluding ortho intramolecular Hbond substituents is 1. The minimum absolute atomic E-state index is 0.174. The first-order valence-electron chi connectivity index (χ1n) is 9.86. The van der Waals surface area contributed by atoms with Gasteiger partial charge in [0, 0.05) is 24.1 Å². The van der Waals surface area contributed by atoms with Gasteiger partial charge >= 0.3 is 0 Å². The molecule has 5 heteroatoms. The molecule has 2 aliphatic carbocycles. The second-order valence-electron chi connectivity index (χ2n) is 9.13. The summed E-state index contributed by atoms with van der Waals surface area (Å²) in [5, 5.41) is 20.6. The predicted octanol–water partition coefficient (Wildman–Crippen LogP) is 3.24. The summed E-state index contributed by atoms with van der Waals surface area (Å²) in [6.45, 7) is 9.68. The van der Waals surface area contributed by atoms with Gasteiger partial charge in [0.1, 0.15) is 11.7 Å². The summed E-state index contributed by atoms with van der Waals surface area (Å²) in [7, 11) is 3.84. The molecule has 1 heterocycles. The highest BCUT2D eigenvalue weighted by Crippen LogP contribution is 2.68. The van der Waals surface area contributed by atoms with Gasteiger partial charge in [-0.1, -0.05) is 26.8 Å². The monoisotopic (exact) mass is 370 g/mol. The summed E-state index contributed by atoms with van der Waals surface area (Å²) in [6.07, 6.45) is 1.32. The lowest BCUT2D eigenvalue weighted by atomic mass is 9.43. The number of nitrogens with zero attached hydrogens (tertiary/aromatic N) is 2. The van der Waals surface area contributed by atoms with Crippen LogP contribution in [0.15, 0.2) is 12.1 Å². The Labute approximate surface area is 161 Å². The largest absolute Gasteiger partial charge is 0.504 e. The van der Waals surface area contributed by atoms with Crippen molar-refractivity contribution in [3.63, 3.8) is 0 Å². The normalized spacial score (nSPS) is 41.8. The molecule has 5 nitrogen and oxygen atoms in total. The van der Waals surface area contributed by atoms with Gasteiger partial charge in [0.05, 0.1) is 12.0 Å². The van der Waals surface area contributed by atoms with Gasteiger partial charge in [-0.2, -0.15) is 5.26 Å². The lowest BCUT2D eigenvalue weighted by Crippen LogP contribution is -2.72. The molecule has 0 radical (unpaired) electrons. The topological polar surface area (TPSA) is 65.7 Å². The van der Waals surface area contributed by atoms with E-state index >= 15 is 0 Å². The van der Waals surface area contributed by atoms with Crippen molar-refractivity contribution in [3.05, 3.63) is 23.3 Å². The molecule has 146 valence electrons. The van der Waals surface area contributed by atoms with Crippen LogP contribution in [0.1, 0.15) is 45.2 Å². The third-order valence-corrected chi connectivity index (χ3v) is 8.30. The number of hydrogen-bond donors (Lipinski definition) is 1. The van der Waals surface area contributed by atoms with Crippen LogP contribution in [0.25, 0.3) is 0 Å². The summed E-state index contributed by atoms with van der Waals surface area (Å²) in [5.74, 6) is 0.489. The molecule has 0 spiro atoms. The first kappa shape index (κ1) is 18.6. The maximum Gasteiger partial charge on any atom is 0.165 e. The van der Waals surface area contributed by atoms with Crippen molar-refractivity contribution in [2.75, 3.05) is 20.7 Å². The van der Waals surface area contributed by atoms with Gasteiger partial charge in [-0.25, -0.2) is 0 Å². The lowest BCUT2D eigenvalue weighted by Gasteiger charge is -2.63. The Hall–Kier alpha value is -1.77. The number of rotatable bonds is 3. The van der Waals surface area contributed by atoms with E-state index in [1.54, 1.807) is 13.2 Å². The number of methoxy groups -OCH3 is 1. The quantitative estimate of drug-likeness (QED) is 0.885. The highest BCUT2D eigenvalue weighted by Gasteiger charge is 2.72. The highest BCUT2D eigenvalue weighted by molar-refractivity contribution is 5.61. The SMILES string of the molecule is CCN(C)[C@@H]1Cc2ccc(O)c3c2[C@@]2(C)[C@@H](O3)[C@](C)(OC)[C@@H](C#N)C[C@]12C. The lowest BCUT2D eigenvalue weighted by molar-refractivity contribution is -0.192. The number of ether oxygens (including phenoxy) is 2. The maximum absolute atomic E-state index is 10.6. The van der Waals surface area contributed by atoms with E-state index in [1.807, 2.05) is 13.0 Å². The molecule has 1 aromatic carbocycles. The molecule has 1 aromatic rings. The summed E-state index contributed by atoms with van der Waals surface area (Å²) in [5.41, 5.74) is 1.10. The van der Waals surface area contributed by atoms with Crippen molar-refractivity contribution in [1.82, 2.24) is 4.90 Å². The fourth-order valence-corrected chi connectivity index (χ4v) is 6.34. The molecule has 0 amide bonds. The third kappa shape index (κ3) is 1.96. The zero-order chi connectivity index (χ0) is 19.8. The van der Waals surface area contributed by atoms with E-state index in [-0.39, 0.29) is 28.6 Å². The zero-order valence-electron chi connectivity index (χ0n) is 17.2. The molecule has 1 N–H and O–H groups in total. The van der Waals surface area contributed by atoms with E-state index in [9.17, 15) is 10.4 Å². The molecule has 4 rings (SSSR count). The van der Waals surface area contributed by atoms with Crippen LogP contribution in [0.5, 0.6) is 11.5 Å². The van der Waals surface area contributed by atoms with Crippen LogP contribution in [0.2, 0.25) is 0 Å². The highest BCUT2D eigenvalue weighted by atomic mass is 16.6. The molecule has 1 fully saturated rings. The fourth-order valence-electron chi connectivity index (χ4n) is 6.34. The first-order chi connectivity index (χ1) is 12.7. The van der Waals surface area contributed by atoms with Crippen molar-refractivity contribution in [2.24, 2.45) is 11.3 Å². The first-order valence-corrected chi connectivity index (χ1v) is 9.86. The number of hydrogen-bond acceptors (Lipinski definition) is 5. The fraction of sp³-hybridized carbons (Fsp3) is 0.682. The smallest absolute Gasteiger partial charge is 0.165 e. The van der Waals surface area contributed by atoms with Gasteiger partial charge in [-0.05, 0) is 50.4 Å². The van der Waals surface area contributed by atoms with E-state index in [2.05, 4.69) is 38.8 Å². The number of likely N-dealkylation sites (N-methyl/N-ethyl adjacent to an activating group) is 1. The van der Waals surface area contributed by atoms with Crippen molar-refractivity contribution >= 4 is 0 Å².